The molecule has 1 heterocycles. The summed E-state index contributed by atoms with van der Waals surface area (Å²) in [6, 6.07) is 6.46. The molecule has 0 amide bonds. The van der Waals surface area contributed by atoms with Gasteiger partial charge < -0.3 is 4.42 Å². The highest BCUT2D eigenvalue weighted by atomic mass is 19.1. The molecule has 2 aromatic rings. The van der Waals surface area contributed by atoms with E-state index in [4.69, 9.17) is 4.42 Å². The van der Waals surface area contributed by atoms with Crippen molar-refractivity contribution in [1.82, 2.24) is 0 Å². The maximum Gasteiger partial charge on any atom is 0.134 e. The van der Waals surface area contributed by atoms with Crippen molar-refractivity contribution < 1.29 is 8.81 Å². The van der Waals surface area contributed by atoms with Gasteiger partial charge in [0.1, 0.15) is 17.2 Å². The first-order chi connectivity index (χ1) is 6.16. The lowest BCUT2D eigenvalue weighted by atomic mass is 10.1. The summed E-state index contributed by atoms with van der Waals surface area (Å²) in [5.74, 6) is 1.03. The minimum Gasteiger partial charge on any atom is -0.461 e. The highest BCUT2D eigenvalue weighted by Gasteiger charge is 2.07. The van der Waals surface area contributed by atoms with Gasteiger partial charge in [0.15, 0.2) is 0 Å². The van der Waals surface area contributed by atoms with Gasteiger partial charge in [-0.1, -0.05) is 13.8 Å². The van der Waals surface area contributed by atoms with Crippen molar-refractivity contribution in [2.45, 2.75) is 19.8 Å². The molecular weight excluding hydrogens is 167 g/mol. The topological polar surface area (TPSA) is 13.1 Å². The van der Waals surface area contributed by atoms with Crippen LogP contribution in [0.25, 0.3) is 11.0 Å². The highest BCUT2D eigenvalue weighted by molar-refractivity contribution is 5.77. The Morgan fingerprint density at radius 2 is 2.00 bits per heavy atom. The lowest BCUT2D eigenvalue weighted by molar-refractivity contribution is 0.521. The zero-order valence-electron chi connectivity index (χ0n) is 7.67. The van der Waals surface area contributed by atoms with Crippen LogP contribution in [0.3, 0.4) is 0 Å². The fourth-order valence-corrected chi connectivity index (χ4v) is 1.32. The largest absolute Gasteiger partial charge is 0.461 e. The molecule has 0 saturated carbocycles. The van der Waals surface area contributed by atoms with Crippen molar-refractivity contribution in [2.75, 3.05) is 0 Å². The van der Waals surface area contributed by atoms with Crippen LogP contribution in [0, 0.1) is 5.82 Å². The Morgan fingerprint density at radius 1 is 1.23 bits per heavy atom. The molecule has 0 spiro atoms. The van der Waals surface area contributed by atoms with E-state index in [1.165, 1.54) is 12.1 Å². The Morgan fingerprint density at radius 3 is 2.69 bits per heavy atom. The second kappa shape index (κ2) is 2.87. The second-order valence-corrected chi connectivity index (χ2v) is 3.49. The van der Waals surface area contributed by atoms with E-state index in [-0.39, 0.29) is 5.82 Å². The summed E-state index contributed by atoms with van der Waals surface area (Å²) in [4.78, 5) is 0. The summed E-state index contributed by atoms with van der Waals surface area (Å²) in [7, 11) is 0. The monoisotopic (exact) mass is 178 g/mol. The molecule has 1 aromatic carbocycles. The van der Waals surface area contributed by atoms with E-state index in [0.29, 0.717) is 5.92 Å². The van der Waals surface area contributed by atoms with Crippen molar-refractivity contribution in [2.24, 2.45) is 0 Å². The van der Waals surface area contributed by atoms with Gasteiger partial charge in [-0.3, -0.25) is 0 Å². The molecule has 1 aromatic heterocycles. The first-order valence-electron chi connectivity index (χ1n) is 4.36. The van der Waals surface area contributed by atoms with Crippen LogP contribution in [-0.4, -0.2) is 0 Å². The smallest absolute Gasteiger partial charge is 0.134 e. The summed E-state index contributed by atoms with van der Waals surface area (Å²) in [6.45, 7) is 4.10. The Kier molecular flexibility index (Phi) is 1.83. The number of rotatable bonds is 1. The summed E-state index contributed by atoms with van der Waals surface area (Å²) in [6.07, 6.45) is 0. The molecule has 0 aliphatic rings. The third-order valence-corrected chi connectivity index (χ3v) is 2.07. The van der Waals surface area contributed by atoms with E-state index in [2.05, 4.69) is 0 Å². The normalized spacial score (nSPS) is 11.4. The molecule has 0 aliphatic carbocycles. The summed E-state index contributed by atoms with van der Waals surface area (Å²) in [5.41, 5.74) is 0.755. The van der Waals surface area contributed by atoms with E-state index in [9.17, 15) is 4.39 Å². The predicted molar refractivity (Wildman–Crippen MR) is 50.3 cm³/mol. The summed E-state index contributed by atoms with van der Waals surface area (Å²) in [5, 5.41) is 0.837. The van der Waals surface area contributed by atoms with Gasteiger partial charge in [0.2, 0.25) is 0 Å². The van der Waals surface area contributed by atoms with Crippen molar-refractivity contribution in [3.63, 3.8) is 0 Å². The molecule has 0 aliphatic heterocycles. The van der Waals surface area contributed by atoms with Crippen LogP contribution in [0.5, 0.6) is 0 Å². The van der Waals surface area contributed by atoms with Crippen LogP contribution in [0.2, 0.25) is 0 Å². The Labute approximate surface area is 76.2 Å². The summed E-state index contributed by atoms with van der Waals surface area (Å²) >= 11 is 0. The van der Waals surface area contributed by atoms with E-state index in [1.807, 2.05) is 19.9 Å². The zero-order chi connectivity index (χ0) is 9.42. The van der Waals surface area contributed by atoms with Gasteiger partial charge in [-0.25, -0.2) is 4.39 Å². The van der Waals surface area contributed by atoms with E-state index >= 15 is 0 Å². The minimum absolute atomic E-state index is 0.219. The average molecular weight is 178 g/mol. The first kappa shape index (κ1) is 8.30. The lowest BCUT2D eigenvalue weighted by Gasteiger charge is -1.95. The van der Waals surface area contributed by atoms with E-state index in [1.54, 1.807) is 6.07 Å². The molecule has 0 N–H and O–H groups in total. The maximum absolute atomic E-state index is 12.8. The Bertz CT molecular complexity index is 429. The summed E-state index contributed by atoms with van der Waals surface area (Å²) < 4.78 is 18.3. The van der Waals surface area contributed by atoms with Crippen LogP contribution in [0.4, 0.5) is 4.39 Å². The van der Waals surface area contributed by atoms with E-state index in [0.717, 1.165) is 16.7 Å². The van der Waals surface area contributed by atoms with Crippen LogP contribution in [0.1, 0.15) is 25.5 Å². The van der Waals surface area contributed by atoms with Crippen molar-refractivity contribution >= 4 is 11.0 Å². The molecule has 0 atom stereocenters. The molecule has 0 radical (unpaired) electrons. The average Bonchev–Trinajstić information content (AvgIpc) is 2.46. The molecule has 68 valence electrons. The van der Waals surface area contributed by atoms with Gasteiger partial charge >= 0.3 is 0 Å². The van der Waals surface area contributed by atoms with Crippen molar-refractivity contribution in [3.05, 3.63) is 35.8 Å². The molecule has 0 bridgehead atoms. The molecule has 2 rings (SSSR count). The highest BCUT2D eigenvalue weighted by Crippen LogP contribution is 2.24. The molecular formula is C11H11FO. The minimum atomic E-state index is -0.219. The van der Waals surface area contributed by atoms with Crippen LogP contribution in [-0.2, 0) is 0 Å². The third kappa shape index (κ3) is 1.44. The number of benzene rings is 1. The Balaban J connectivity index is 2.62. The SMILES string of the molecule is CC(C)c1cc2cc(F)ccc2o1. The van der Waals surface area contributed by atoms with Gasteiger partial charge in [0.25, 0.3) is 0 Å². The molecule has 0 fully saturated rings. The fraction of sp³-hybridized carbons (Fsp3) is 0.273. The third-order valence-electron chi connectivity index (χ3n) is 2.07. The second-order valence-electron chi connectivity index (χ2n) is 3.49. The molecule has 0 saturated heterocycles. The van der Waals surface area contributed by atoms with Gasteiger partial charge in [-0.05, 0) is 24.3 Å². The van der Waals surface area contributed by atoms with Gasteiger partial charge in [0, 0.05) is 11.3 Å². The van der Waals surface area contributed by atoms with Crippen LogP contribution >= 0.6 is 0 Å². The zero-order valence-corrected chi connectivity index (χ0v) is 7.67. The standard InChI is InChI=1S/C11H11FO/c1-7(2)11-6-8-5-9(12)3-4-10(8)13-11/h3-7H,1-2H3. The maximum atomic E-state index is 12.8. The number of halogens is 1. The molecule has 1 nitrogen and oxygen atoms in total. The van der Waals surface area contributed by atoms with E-state index < -0.39 is 0 Å². The van der Waals surface area contributed by atoms with Crippen molar-refractivity contribution in [3.8, 4) is 0 Å². The van der Waals surface area contributed by atoms with Gasteiger partial charge in [-0.15, -0.1) is 0 Å². The first-order valence-corrected chi connectivity index (χ1v) is 4.36. The van der Waals surface area contributed by atoms with Crippen molar-refractivity contribution in [1.29, 1.82) is 0 Å². The molecule has 0 unspecified atom stereocenters. The number of hydrogen-bond acceptors (Lipinski definition) is 1. The van der Waals surface area contributed by atoms with Crippen LogP contribution < -0.4 is 0 Å². The lowest BCUT2D eigenvalue weighted by Crippen LogP contribution is -1.79. The van der Waals surface area contributed by atoms with Crippen LogP contribution in [0.15, 0.2) is 28.7 Å². The van der Waals surface area contributed by atoms with Gasteiger partial charge in [0.05, 0.1) is 0 Å². The quantitative estimate of drug-likeness (QED) is 0.649. The fourth-order valence-electron chi connectivity index (χ4n) is 1.32. The number of hydrogen-bond donors (Lipinski definition) is 0. The Hall–Kier alpha value is -1.31. The molecule has 13 heavy (non-hydrogen) atoms. The number of furan rings is 1. The predicted octanol–water partition coefficient (Wildman–Crippen LogP) is 3.70. The molecule has 2 heteroatoms. The number of fused-ring (bicyclic) bond motifs is 1. The van der Waals surface area contributed by atoms with Gasteiger partial charge in [-0.2, -0.15) is 0 Å².